The summed E-state index contributed by atoms with van der Waals surface area (Å²) in [5.74, 6) is 2.29. The minimum atomic E-state index is -0.0560. The lowest BCUT2D eigenvalue weighted by atomic mass is 10.1. The van der Waals surface area contributed by atoms with Gasteiger partial charge in [0.1, 0.15) is 0 Å². The Hall–Kier alpha value is -2.62. The van der Waals surface area contributed by atoms with Crippen molar-refractivity contribution in [1.82, 2.24) is 15.5 Å². The van der Waals surface area contributed by atoms with Gasteiger partial charge in [0.05, 0.1) is 14.2 Å². The minimum Gasteiger partial charge on any atom is -0.493 e. The van der Waals surface area contributed by atoms with Crippen LogP contribution in [0.2, 0.25) is 0 Å². The fraction of sp³-hybridized carbons (Fsp3) is 0.286. The smallest absolute Gasteiger partial charge is 0.227 e. The molecule has 0 spiro atoms. The molecule has 0 atom stereocenters. The molecular formula is C21H22IN3O4. The molecule has 29 heavy (non-hydrogen) atoms. The molecule has 1 amide bonds. The van der Waals surface area contributed by atoms with Gasteiger partial charge in [-0.2, -0.15) is 4.98 Å². The molecule has 1 heterocycles. The Bertz CT molecular complexity index is 957. The molecule has 152 valence electrons. The fourth-order valence-electron chi connectivity index (χ4n) is 2.76. The van der Waals surface area contributed by atoms with Crippen LogP contribution in [0.3, 0.4) is 0 Å². The number of amides is 1. The number of methoxy groups -OCH3 is 2. The quantitative estimate of drug-likeness (QED) is 0.445. The van der Waals surface area contributed by atoms with Crippen LogP contribution in [-0.4, -0.2) is 36.8 Å². The van der Waals surface area contributed by atoms with Gasteiger partial charge in [0.2, 0.25) is 17.6 Å². The number of nitrogens with one attached hydrogen (secondary N) is 1. The van der Waals surface area contributed by atoms with Crippen LogP contribution in [0.4, 0.5) is 0 Å². The second kappa shape index (κ2) is 10.2. The average Bonchev–Trinajstić information content (AvgIpc) is 3.21. The number of nitrogens with zero attached hydrogens (tertiary/aromatic N) is 2. The Balaban J connectivity index is 1.44. The van der Waals surface area contributed by atoms with Gasteiger partial charge in [0.15, 0.2) is 11.5 Å². The number of hydrogen-bond acceptors (Lipinski definition) is 6. The molecule has 1 N–H and O–H groups in total. The van der Waals surface area contributed by atoms with Crippen LogP contribution in [0.5, 0.6) is 11.5 Å². The molecule has 7 nitrogen and oxygen atoms in total. The summed E-state index contributed by atoms with van der Waals surface area (Å²) in [6.07, 6.45) is 1.39. The lowest BCUT2D eigenvalue weighted by molar-refractivity contribution is -0.121. The van der Waals surface area contributed by atoms with Crippen molar-refractivity contribution < 1.29 is 18.8 Å². The number of hydrogen-bond donors (Lipinski definition) is 1. The van der Waals surface area contributed by atoms with E-state index in [0.29, 0.717) is 49.0 Å². The third kappa shape index (κ3) is 5.93. The first-order chi connectivity index (χ1) is 14.1. The molecule has 0 saturated heterocycles. The molecule has 0 unspecified atom stereocenters. The molecule has 0 bridgehead atoms. The maximum absolute atomic E-state index is 12.1. The summed E-state index contributed by atoms with van der Waals surface area (Å²) in [6.45, 7) is 0.534. The number of benzene rings is 2. The zero-order chi connectivity index (χ0) is 20.6. The zero-order valence-electron chi connectivity index (χ0n) is 16.3. The molecule has 0 saturated carbocycles. The SMILES string of the molecule is COc1ccc(CCNC(=O)CCc2nc(-c3ccc(I)cc3)no2)cc1OC. The zero-order valence-corrected chi connectivity index (χ0v) is 18.4. The Labute approximate surface area is 182 Å². The van der Waals surface area contributed by atoms with Crippen LogP contribution in [-0.2, 0) is 17.6 Å². The van der Waals surface area contributed by atoms with E-state index in [9.17, 15) is 4.79 Å². The first-order valence-corrected chi connectivity index (χ1v) is 10.2. The van der Waals surface area contributed by atoms with Crippen molar-refractivity contribution in [2.24, 2.45) is 0 Å². The first-order valence-electron chi connectivity index (χ1n) is 9.15. The van der Waals surface area contributed by atoms with Crippen molar-refractivity contribution >= 4 is 28.5 Å². The van der Waals surface area contributed by atoms with Crippen molar-refractivity contribution in [2.75, 3.05) is 20.8 Å². The molecule has 3 aromatic rings. The van der Waals surface area contributed by atoms with E-state index in [2.05, 4.69) is 38.0 Å². The molecule has 3 rings (SSSR count). The number of aromatic nitrogens is 2. The summed E-state index contributed by atoms with van der Waals surface area (Å²) in [6, 6.07) is 13.6. The van der Waals surface area contributed by atoms with Gasteiger partial charge in [0, 0.05) is 28.5 Å². The van der Waals surface area contributed by atoms with Gasteiger partial charge < -0.3 is 19.3 Å². The van der Waals surface area contributed by atoms with E-state index in [1.807, 2.05) is 42.5 Å². The third-order valence-electron chi connectivity index (χ3n) is 4.32. The van der Waals surface area contributed by atoms with Crippen LogP contribution >= 0.6 is 22.6 Å². The minimum absolute atomic E-state index is 0.0560. The lowest BCUT2D eigenvalue weighted by Crippen LogP contribution is -2.25. The number of carbonyl (C=O) groups excluding carboxylic acids is 1. The van der Waals surface area contributed by atoms with Crippen molar-refractivity contribution in [1.29, 1.82) is 0 Å². The predicted octanol–water partition coefficient (Wildman–Crippen LogP) is 3.65. The van der Waals surface area contributed by atoms with Crippen molar-refractivity contribution in [3.8, 4) is 22.9 Å². The highest BCUT2D eigenvalue weighted by Gasteiger charge is 2.11. The molecule has 8 heteroatoms. The summed E-state index contributed by atoms with van der Waals surface area (Å²) < 4.78 is 16.9. The van der Waals surface area contributed by atoms with E-state index in [4.69, 9.17) is 14.0 Å². The predicted molar refractivity (Wildman–Crippen MR) is 117 cm³/mol. The van der Waals surface area contributed by atoms with Crippen molar-refractivity contribution in [3.63, 3.8) is 0 Å². The molecule has 0 aliphatic carbocycles. The van der Waals surface area contributed by atoms with E-state index >= 15 is 0 Å². The maximum atomic E-state index is 12.1. The summed E-state index contributed by atoms with van der Waals surface area (Å²) in [7, 11) is 3.20. The maximum Gasteiger partial charge on any atom is 0.227 e. The van der Waals surface area contributed by atoms with Gasteiger partial charge in [-0.25, -0.2) is 0 Å². The number of rotatable bonds is 9. The summed E-state index contributed by atoms with van der Waals surface area (Å²) in [5, 5.41) is 6.89. The van der Waals surface area contributed by atoms with E-state index in [-0.39, 0.29) is 5.91 Å². The van der Waals surface area contributed by atoms with Crippen LogP contribution in [0, 0.1) is 3.57 Å². The van der Waals surface area contributed by atoms with E-state index in [1.165, 1.54) is 0 Å². The lowest BCUT2D eigenvalue weighted by Gasteiger charge is -2.10. The van der Waals surface area contributed by atoms with E-state index in [0.717, 1.165) is 14.7 Å². The van der Waals surface area contributed by atoms with Gasteiger partial charge in [-0.1, -0.05) is 23.4 Å². The Morgan fingerprint density at radius 2 is 1.83 bits per heavy atom. The van der Waals surface area contributed by atoms with Crippen LogP contribution in [0.1, 0.15) is 17.9 Å². The van der Waals surface area contributed by atoms with Crippen molar-refractivity contribution in [3.05, 3.63) is 57.5 Å². The Kier molecular flexibility index (Phi) is 7.45. The second-order valence-electron chi connectivity index (χ2n) is 6.31. The van der Waals surface area contributed by atoms with Crippen LogP contribution in [0.25, 0.3) is 11.4 Å². The number of carbonyl (C=O) groups is 1. The summed E-state index contributed by atoms with van der Waals surface area (Å²) >= 11 is 2.24. The van der Waals surface area contributed by atoms with Crippen molar-refractivity contribution in [2.45, 2.75) is 19.3 Å². The van der Waals surface area contributed by atoms with E-state index in [1.54, 1.807) is 14.2 Å². The Morgan fingerprint density at radius 3 is 2.55 bits per heavy atom. The summed E-state index contributed by atoms with van der Waals surface area (Å²) in [4.78, 5) is 16.5. The fourth-order valence-corrected chi connectivity index (χ4v) is 3.12. The highest BCUT2D eigenvalue weighted by molar-refractivity contribution is 14.1. The normalized spacial score (nSPS) is 10.6. The topological polar surface area (TPSA) is 86.5 Å². The van der Waals surface area contributed by atoms with Gasteiger partial charge in [-0.15, -0.1) is 0 Å². The third-order valence-corrected chi connectivity index (χ3v) is 5.04. The Morgan fingerprint density at radius 1 is 1.07 bits per heavy atom. The number of halogens is 1. The monoisotopic (exact) mass is 507 g/mol. The highest BCUT2D eigenvalue weighted by Crippen LogP contribution is 2.27. The average molecular weight is 507 g/mol. The van der Waals surface area contributed by atoms with Gasteiger partial charge >= 0.3 is 0 Å². The van der Waals surface area contributed by atoms with Gasteiger partial charge in [-0.05, 0) is 58.8 Å². The standard InChI is InChI=1S/C21H22IN3O4/c1-27-17-8-3-14(13-18(17)28-2)11-12-23-19(26)9-10-20-24-21(25-29-20)15-4-6-16(22)7-5-15/h3-8,13H,9-12H2,1-2H3,(H,23,26). The van der Waals surface area contributed by atoms with Crippen LogP contribution < -0.4 is 14.8 Å². The van der Waals surface area contributed by atoms with Gasteiger partial charge in [-0.3, -0.25) is 4.79 Å². The molecule has 2 aromatic carbocycles. The number of aryl methyl sites for hydroxylation is 1. The molecular weight excluding hydrogens is 485 g/mol. The van der Waals surface area contributed by atoms with E-state index < -0.39 is 0 Å². The van der Waals surface area contributed by atoms with Gasteiger partial charge in [0.25, 0.3) is 0 Å². The molecule has 0 radical (unpaired) electrons. The molecule has 0 fully saturated rings. The number of ether oxygens (including phenoxy) is 2. The summed E-state index contributed by atoms with van der Waals surface area (Å²) in [5.41, 5.74) is 1.95. The largest absolute Gasteiger partial charge is 0.493 e. The first kappa shape index (κ1) is 21.1. The molecule has 1 aromatic heterocycles. The molecule has 0 aliphatic heterocycles. The van der Waals surface area contributed by atoms with Crippen LogP contribution in [0.15, 0.2) is 47.0 Å². The highest BCUT2D eigenvalue weighted by atomic mass is 127. The second-order valence-corrected chi connectivity index (χ2v) is 7.55. The molecule has 0 aliphatic rings.